The van der Waals surface area contributed by atoms with Crippen LogP contribution in [0, 0.1) is 6.92 Å². The molecule has 3 aromatic rings. The van der Waals surface area contributed by atoms with Crippen molar-refractivity contribution in [3.05, 3.63) is 64.4 Å². The molecule has 2 aromatic carbocycles. The minimum Gasteiger partial charge on any atom is -0.495 e. The zero-order valence-electron chi connectivity index (χ0n) is 17.3. The Kier molecular flexibility index (Phi) is 6.77. The second-order valence-electron chi connectivity index (χ2n) is 6.49. The van der Waals surface area contributed by atoms with Crippen LogP contribution in [0.15, 0.2) is 63.7 Å². The number of anilines is 2. The number of esters is 1. The van der Waals surface area contributed by atoms with E-state index in [4.69, 9.17) is 4.74 Å². The molecule has 0 amide bonds. The average Bonchev–Trinajstić information content (AvgIpc) is 3.26. The molecule has 0 aliphatic carbocycles. The van der Waals surface area contributed by atoms with Crippen LogP contribution >= 0.6 is 11.3 Å². The van der Waals surface area contributed by atoms with Gasteiger partial charge in [0.05, 0.1) is 30.5 Å². The molecular formula is C20H20N2O7S3. The molecule has 0 atom stereocenters. The fraction of sp³-hybridized carbons (Fsp3) is 0.150. The molecule has 3 rings (SSSR count). The summed E-state index contributed by atoms with van der Waals surface area (Å²) in [4.78, 5) is 11.4. The van der Waals surface area contributed by atoms with E-state index in [1.54, 1.807) is 31.2 Å². The van der Waals surface area contributed by atoms with Crippen LogP contribution in [0.1, 0.15) is 15.2 Å². The van der Waals surface area contributed by atoms with Crippen LogP contribution in [0.2, 0.25) is 0 Å². The molecule has 0 saturated heterocycles. The molecule has 0 unspecified atom stereocenters. The number of aryl methyl sites for hydroxylation is 1. The number of thiophene rings is 1. The number of nitrogens with one attached hydrogen (secondary N) is 2. The lowest BCUT2D eigenvalue weighted by atomic mass is 10.2. The highest BCUT2D eigenvalue weighted by Crippen LogP contribution is 2.30. The van der Waals surface area contributed by atoms with E-state index in [1.165, 1.54) is 36.8 Å². The Bertz CT molecular complexity index is 1360. The van der Waals surface area contributed by atoms with Crippen LogP contribution in [0.5, 0.6) is 5.75 Å². The van der Waals surface area contributed by atoms with Crippen molar-refractivity contribution in [3.63, 3.8) is 0 Å². The van der Waals surface area contributed by atoms with E-state index in [0.29, 0.717) is 11.3 Å². The van der Waals surface area contributed by atoms with Gasteiger partial charge >= 0.3 is 5.97 Å². The molecule has 1 heterocycles. The van der Waals surface area contributed by atoms with Gasteiger partial charge in [-0.05, 0) is 48.2 Å². The van der Waals surface area contributed by atoms with Gasteiger partial charge in [-0.2, -0.15) is 0 Å². The summed E-state index contributed by atoms with van der Waals surface area (Å²) < 4.78 is 66.2. The molecule has 0 spiro atoms. The van der Waals surface area contributed by atoms with E-state index < -0.39 is 26.0 Å². The molecule has 0 saturated carbocycles. The van der Waals surface area contributed by atoms with E-state index in [9.17, 15) is 21.6 Å². The second kappa shape index (κ2) is 9.18. The van der Waals surface area contributed by atoms with Crippen molar-refractivity contribution in [2.45, 2.75) is 16.7 Å². The Hall–Kier alpha value is -3.09. The third kappa shape index (κ3) is 4.87. The average molecular weight is 497 g/mol. The lowest BCUT2D eigenvalue weighted by Crippen LogP contribution is -2.18. The van der Waals surface area contributed by atoms with Gasteiger partial charge in [0.2, 0.25) is 0 Å². The lowest BCUT2D eigenvalue weighted by molar-refractivity contribution is 0.0602. The Morgan fingerprint density at radius 1 is 0.906 bits per heavy atom. The summed E-state index contributed by atoms with van der Waals surface area (Å²) in [6.07, 6.45) is 0. The van der Waals surface area contributed by atoms with Crippen molar-refractivity contribution in [3.8, 4) is 5.75 Å². The smallest absolute Gasteiger partial charge is 0.349 e. The van der Waals surface area contributed by atoms with E-state index in [0.717, 1.165) is 18.4 Å². The predicted octanol–water partition coefficient (Wildman–Crippen LogP) is 3.45. The number of para-hydroxylation sites is 2. The van der Waals surface area contributed by atoms with Gasteiger partial charge in [0.1, 0.15) is 15.5 Å². The Balaban J connectivity index is 1.96. The van der Waals surface area contributed by atoms with Gasteiger partial charge in [-0.15, -0.1) is 11.3 Å². The monoisotopic (exact) mass is 496 g/mol. The highest BCUT2D eigenvalue weighted by Gasteiger charge is 2.26. The summed E-state index contributed by atoms with van der Waals surface area (Å²) >= 11 is 0.925. The maximum absolute atomic E-state index is 12.9. The molecular weight excluding hydrogens is 476 g/mol. The van der Waals surface area contributed by atoms with Gasteiger partial charge in [0.15, 0.2) is 0 Å². The topological polar surface area (TPSA) is 128 Å². The lowest BCUT2D eigenvalue weighted by Gasteiger charge is -2.14. The van der Waals surface area contributed by atoms with Crippen molar-refractivity contribution in [2.75, 3.05) is 23.7 Å². The van der Waals surface area contributed by atoms with E-state index in [2.05, 4.69) is 14.2 Å². The first-order valence-electron chi connectivity index (χ1n) is 9.04. The molecule has 170 valence electrons. The van der Waals surface area contributed by atoms with E-state index in [-0.39, 0.29) is 26.0 Å². The molecule has 12 heteroatoms. The first kappa shape index (κ1) is 23.6. The van der Waals surface area contributed by atoms with E-state index in [1.807, 2.05) is 0 Å². The quantitative estimate of drug-likeness (QED) is 0.457. The molecule has 0 bridgehead atoms. The zero-order chi connectivity index (χ0) is 23.5. The molecule has 0 aliphatic heterocycles. The van der Waals surface area contributed by atoms with Gasteiger partial charge in [-0.1, -0.05) is 18.2 Å². The van der Waals surface area contributed by atoms with Crippen LogP contribution in [0.4, 0.5) is 11.4 Å². The van der Waals surface area contributed by atoms with Crippen molar-refractivity contribution in [2.24, 2.45) is 0 Å². The fourth-order valence-corrected chi connectivity index (χ4v) is 6.31. The molecule has 0 aliphatic rings. The van der Waals surface area contributed by atoms with Crippen molar-refractivity contribution >= 4 is 48.7 Å². The number of sulfonamides is 2. The third-order valence-electron chi connectivity index (χ3n) is 4.40. The molecule has 1 aromatic heterocycles. The summed E-state index contributed by atoms with van der Waals surface area (Å²) in [7, 11) is -5.68. The first-order valence-corrected chi connectivity index (χ1v) is 12.9. The summed E-state index contributed by atoms with van der Waals surface area (Å²) in [5, 5.41) is 1.45. The Morgan fingerprint density at radius 3 is 2.28 bits per heavy atom. The summed E-state index contributed by atoms with van der Waals surface area (Å²) in [5.74, 6) is -0.452. The van der Waals surface area contributed by atoms with Crippen LogP contribution in [-0.4, -0.2) is 37.0 Å². The number of methoxy groups -OCH3 is 2. The Labute approximate surface area is 190 Å². The number of carbonyl (C=O) groups excluding carboxylic acids is 1. The highest BCUT2D eigenvalue weighted by molar-refractivity contribution is 7.93. The van der Waals surface area contributed by atoms with Crippen molar-refractivity contribution in [1.82, 2.24) is 0 Å². The van der Waals surface area contributed by atoms with Crippen LogP contribution < -0.4 is 14.2 Å². The van der Waals surface area contributed by atoms with Crippen LogP contribution in [0.25, 0.3) is 0 Å². The minimum absolute atomic E-state index is 0.0508. The van der Waals surface area contributed by atoms with Crippen molar-refractivity contribution in [1.29, 1.82) is 0 Å². The van der Waals surface area contributed by atoms with Crippen LogP contribution in [-0.2, 0) is 24.8 Å². The molecule has 2 N–H and O–H groups in total. The number of ether oxygens (including phenoxy) is 2. The SMILES string of the molecule is COC(=O)c1sccc1S(=O)(=O)Nc1cc(S(=O)(=O)Nc2ccccc2OC)ccc1C. The van der Waals surface area contributed by atoms with Crippen LogP contribution in [0.3, 0.4) is 0 Å². The predicted molar refractivity (Wildman–Crippen MR) is 121 cm³/mol. The molecule has 0 radical (unpaired) electrons. The van der Waals surface area contributed by atoms with Gasteiger partial charge in [0.25, 0.3) is 20.0 Å². The maximum atomic E-state index is 12.9. The normalized spacial score (nSPS) is 11.6. The Morgan fingerprint density at radius 2 is 1.59 bits per heavy atom. The van der Waals surface area contributed by atoms with Crippen molar-refractivity contribution < 1.29 is 31.1 Å². The summed E-state index contributed by atoms with van der Waals surface area (Å²) in [6.45, 7) is 1.62. The summed E-state index contributed by atoms with van der Waals surface area (Å²) in [5.41, 5.74) is 0.772. The number of hydrogen-bond acceptors (Lipinski definition) is 8. The maximum Gasteiger partial charge on any atom is 0.349 e. The summed E-state index contributed by atoms with van der Waals surface area (Å²) in [6, 6.07) is 11.8. The van der Waals surface area contributed by atoms with Gasteiger partial charge in [-0.3, -0.25) is 9.44 Å². The minimum atomic E-state index is -4.19. The number of rotatable bonds is 8. The van der Waals surface area contributed by atoms with E-state index >= 15 is 0 Å². The third-order valence-corrected chi connectivity index (χ3v) is 8.20. The van der Waals surface area contributed by atoms with Gasteiger partial charge in [0, 0.05) is 0 Å². The number of carbonyl (C=O) groups is 1. The standard InChI is InChI=1S/C20H20N2O7S3/c1-13-8-9-14(31(24,25)21-15-6-4-5-7-17(15)28-2)12-16(13)22-32(26,27)18-10-11-30-19(18)20(23)29-3/h4-12,21-22H,1-3H3. The van der Waals surface area contributed by atoms with Gasteiger partial charge < -0.3 is 9.47 Å². The highest BCUT2D eigenvalue weighted by atomic mass is 32.2. The second-order valence-corrected chi connectivity index (χ2v) is 10.7. The molecule has 9 nitrogen and oxygen atoms in total. The molecule has 0 fully saturated rings. The number of hydrogen-bond donors (Lipinski definition) is 2. The first-order chi connectivity index (χ1) is 15.1. The number of benzene rings is 2. The largest absolute Gasteiger partial charge is 0.495 e. The zero-order valence-corrected chi connectivity index (χ0v) is 19.7. The van der Waals surface area contributed by atoms with Gasteiger partial charge in [-0.25, -0.2) is 21.6 Å². The fourth-order valence-electron chi connectivity index (χ4n) is 2.76. The molecule has 32 heavy (non-hydrogen) atoms.